The SMILES string of the molecule is COC(=O)C1=C(C(=O)OC)N(c2cc(F)c(Br)cc2C)C=CC=C1. The molecule has 1 aromatic rings. The van der Waals surface area contributed by atoms with E-state index in [0.29, 0.717) is 15.7 Å². The summed E-state index contributed by atoms with van der Waals surface area (Å²) in [5.74, 6) is -1.94. The predicted molar refractivity (Wildman–Crippen MR) is 90.7 cm³/mol. The van der Waals surface area contributed by atoms with Gasteiger partial charge in [0.1, 0.15) is 11.5 Å². The van der Waals surface area contributed by atoms with E-state index in [0.717, 1.165) is 0 Å². The van der Waals surface area contributed by atoms with E-state index in [1.54, 1.807) is 31.3 Å². The monoisotopic (exact) mass is 395 g/mol. The molecule has 1 heterocycles. The molecule has 126 valence electrons. The van der Waals surface area contributed by atoms with Crippen LogP contribution in [0.4, 0.5) is 10.1 Å². The number of allylic oxidation sites excluding steroid dienone is 2. The van der Waals surface area contributed by atoms with Crippen LogP contribution in [0.3, 0.4) is 0 Å². The van der Waals surface area contributed by atoms with Gasteiger partial charge in [0.2, 0.25) is 0 Å². The maximum Gasteiger partial charge on any atom is 0.355 e. The largest absolute Gasteiger partial charge is 0.465 e. The summed E-state index contributed by atoms with van der Waals surface area (Å²) >= 11 is 3.12. The van der Waals surface area contributed by atoms with Gasteiger partial charge >= 0.3 is 11.9 Å². The molecule has 7 heteroatoms. The zero-order chi connectivity index (χ0) is 17.9. The molecular weight excluding hydrogens is 381 g/mol. The van der Waals surface area contributed by atoms with Gasteiger partial charge in [-0.05, 0) is 52.7 Å². The molecule has 0 aromatic heterocycles. The highest BCUT2D eigenvalue weighted by molar-refractivity contribution is 9.10. The standard InChI is InChI=1S/C17H15BrFNO4/c1-10-8-12(18)13(19)9-14(10)20-7-5-4-6-11(16(21)23-2)15(20)17(22)24-3/h4-9H,1-3H3. The lowest BCUT2D eigenvalue weighted by Gasteiger charge is -2.25. The Morgan fingerprint density at radius 2 is 1.79 bits per heavy atom. The molecule has 0 spiro atoms. The number of carbonyl (C=O) groups is 2. The molecule has 0 fully saturated rings. The second-order valence-electron chi connectivity index (χ2n) is 4.87. The van der Waals surface area contributed by atoms with Crippen LogP contribution in [0.1, 0.15) is 5.56 Å². The number of rotatable bonds is 3. The Morgan fingerprint density at radius 1 is 1.12 bits per heavy atom. The van der Waals surface area contributed by atoms with Crippen LogP contribution in [-0.4, -0.2) is 26.2 Å². The molecule has 0 radical (unpaired) electrons. The summed E-state index contributed by atoms with van der Waals surface area (Å²) < 4.78 is 23.8. The van der Waals surface area contributed by atoms with Crippen molar-refractivity contribution >= 4 is 33.6 Å². The Hall–Kier alpha value is -2.41. The third-order valence-electron chi connectivity index (χ3n) is 3.39. The van der Waals surface area contributed by atoms with Crippen molar-refractivity contribution in [3.8, 4) is 0 Å². The lowest BCUT2D eigenvalue weighted by Crippen LogP contribution is -2.27. The molecule has 0 bridgehead atoms. The third-order valence-corrected chi connectivity index (χ3v) is 4.00. The highest BCUT2D eigenvalue weighted by Crippen LogP contribution is 2.32. The number of ether oxygens (including phenoxy) is 2. The molecular formula is C17H15BrFNO4. The van der Waals surface area contributed by atoms with Gasteiger partial charge in [-0.2, -0.15) is 0 Å². The fourth-order valence-electron chi connectivity index (χ4n) is 2.25. The number of nitrogens with zero attached hydrogens (tertiary/aromatic N) is 1. The molecule has 5 nitrogen and oxygen atoms in total. The number of anilines is 1. The van der Waals surface area contributed by atoms with Crippen molar-refractivity contribution in [3.05, 3.63) is 63.7 Å². The van der Waals surface area contributed by atoms with Gasteiger partial charge < -0.3 is 14.4 Å². The Morgan fingerprint density at radius 3 is 2.42 bits per heavy atom. The van der Waals surface area contributed by atoms with Crippen molar-refractivity contribution in [1.29, 1.82) is 0 Å². The van der Waals surface area contributed by atoms with Gasteiger partial charge in [0.25, 0.3) is 0 Å². The van der Waals surface area contributed by atoms with E-state index in [4.69, 9.17) is 9.47 Å². The second-order valence-corrected chi connectivity index (χ2v) is 5.72. The van der Waals surface area contributed by atoms with Crippen molar-refractivity contribution < 1.29 is 23.5 Å². The fourth-order valence-corrected chi connectivity index (χ4v) is 2.70. The third kappa shape index (κ3) is 3.41. The Balaban J connectivity index is 2.72. The van der Waals surface area contributed by atoms with Gasteiger partial charge in [-0.3, -0.25) is 0 Å². The number of benzene rings is 1. The second kappa shape index (κ2) is 7.44. The number of hydrogen-bond acceptors (Lipinski definition) is 5. The minimum atomic E-state index is -0.741. The first-order valence-corrected chi connectivity index (χ1v) is 7.70. The van der Waals surface area contributed by atoms with E-state index in [-0.39, 0.29) is 11.3 Å². The highest BCUT2D eigenvalue weighted by atomic mass is 79.9. The van der Waals surface area contributed by atoms with Crippen LogP contribution in [0, 0.1) is 12.7 Å². The number of hydrogen-bond donors (Lipinski definition) is 0. The van der Waals surface area contributed by atoms with E-state index in [1.165, 1.54) is 31.3 Å². The minimum Gasteiger partial charge on any atom is -0.465 e. The molecule has 24 heavy (non-hydrogen) atoms. The van der Waals surface area contributed by atoms with Crippen molar-refractivity contribution in [3.63, 3.8) is 0 Å². The lowest BCUT2D eigenvalue weighted by atomic mass is 10.1. The molecule has 0 saturated heterocycles. The quantitative estimate of drug-likeness (QED) is 0.734. The molecule has 0 atom stereocenters. The molecule has 0 N–H and O–H groups in total. The van der Waals surface area contributed by atoms with Crippen LogP contribution < -0.4 is 4.90 Å². The van der Waals surface area contributed by atoms with Crippen LogP contribution in [-0.2, 0) is 19.1 Å². The fraction of sp³-hybridized carbons (Fsp3) is 0.176. The maximum absolute atomic E-state index is 14.0. The van der Waals surface area contributed by atoms with E-state index in [9.17, 15) is 14.0 Å². The zero-order valence-electron chi connectivity index (χ0n) is 13.3. The molecule has 0 unspecified atom stereocenters. The van der Waals surface area contributed by atoms with Gasteiger partial charge in [-0.15, -0.1) is 0 Å². The van der Waals surface area contributed by atoms with Gasteiger partial charge in [-0.25, -0.2) is 14.0 Å². The molecule has 1 aliphatic rings. The first-order valence-electron chi connectivity index (χ1n) is 6.91. The van der Waals surface area contributed by atoms with Gasteiger partial charge in [0.15, 0.2) is 0 Å². The number of carbonyl (C=O) groups excluding carboxylic acids is 2. The molecule has 1 aromatic carbocycles. The smallest absolute Gasteiger partial charge is 0.355 e. The Kier molecular flexibility index (Phi) is 5.56. The topological polar surface area (TPSA) is 55.8 Å². The molecule has 0 aliphatic carbocycles. The minimum absolute atomic E-state index is 0.0112. The number of aryl methyl sites for hydroxylation is 1. The lowest BCUT2D eigenvalue weighted by molar-refractivity contribution is -0.139. The zero-order valence-corrected chi connectivity index (χ0v) is 14.9. The van der Waals surface area contributed by atoms with Crippen LogP contribution >= 0.6 is 15.9 Å². The highest BCUT2D eigenvalue weighted by Gasteiger charge is 2.28. The van der Waals surface area contributed by atoms with Crippen LogP contribution in [0.25, 0.3) is 0 Å². The van der Waals surface area contributed by atoms with Crippen molar-refractivity contribution in [1.82, 2.24) is 0 Å². The van der Waals surface area contributed by atoms with Crippen LogP contribution in [0.15, 0.2) is 52.3 Å². The van der Waals surface area contributed by atoms with Gasteiger partial charge in [0, 0.05) is 6.20 Å². The summed E-state index contributed by atoms with van der Waals surface area (Å²) in [4.78, 5) is 25.8. The summed E-state index contributed by atoms with van der Waals surface area (Å²) in [5.41, 5.74) is 1.05. The molecule has 0 amide bonds. The Labute approximate surface area is 147 Å². The van der Waals surface area contributed by atoms with E-state index in [1.807, 2.05) is 0 Å². The van der Waals surface area contributed by atoms with E-state index >= 15 is 0 Å². The number of halogens is 2. The normalized spacial score (nSPS) is 13.8. The summed E-state index contributed by atoms with van der Waals surface area (Å²) in [6.07, 6.45) is 6.20. The van der Waals surface area contributed by atoms with Crippen molar-refractivity contribution in [2.45, 2.75) is 6.92 Å². The van der Waals surface area contributed by atoms with Crippen molar-refractivity contribution in [2.24, 2.45) is 0 Å². The Bertz CT molecular complexity index is 783. The van der Waals surface area contributed by atoms with E-state index < -0.39 is 17.8 Å². The molecule has 1 aliphatic heterocycles. The summed E-state index contributed by atoms with van der Waals surface area (Å²) in [6.45, 7) is 1.76. The van der Waals surface area contributed by atoms with Crippen LogP contribution in [0.2, 0.25) is 0 Å². The first-order chi connectivity index (χ1) is 11.4. The van der Waals surface area contributed by atoms with Crippen LogP contribution in [0.5, 0.6) is 0 Å². The van der Waals surface area contributed by atoms with Crippen molar-refractivity contribution in [2.75, 3.05) is 19.1 Å². The average Bonchev–Trinajstić information content (AvgIpc) is 2.79. The maximum atomic E-state index is 14.0. The summed E-state index contributed by atoms with van der Waals surface area (Å²) in [7, 11) is 2.42. The average molecular weight is 396 g/mol. The summed E-state index contributed by atoms with van der Waals surface area (Å²) in [6, 6.07) is 2.86. The predicted octanol–water partition coefficient (Wildman–Crippen LogP) is 3.39. The summed E-state index contributed by atoms with van der Waals surface area (Å²) in [5, 5.41) is 0. The first kappa shape index (κ1) is 17.9. The van der Waals surface area contributed by atoms with E-state index in [2.05, 4.69) is 15.9 Å². The number of esters is 2. The molecule has 0 saturated carbocycles. The number of methoxy groups -OCH3 is 2. The van der Waals surface area contributed by atoms with Gasteiger partial charge in [-0.1, -0.05) is 6.08 Å². The molecule has 2 rings (SSSR count). The van der Waals surface area contributed by atoms with Gasteiger partial charge in [0.05, 0.1) is 30.0 Å².